The van der Waals surface area contributed by atoms with E-state index < -0.39 is 17.5 Å². The molecule has 1 aliphatic heterocycles. The summed E-state index contributed by atoms with van der Waals surface area (Å²) < 4.78 is 32.4. The number of carbonyl (C=O) groups excluding carboxylic acids is 1. The van der Waals surface area contributed by atoms with Crippen LogP contribution in [-0.4, -0.2) is 28.9 Å². The normalized spacial score (nSPS) is 15.6. The van der Waals surface area contributed by atoms with Crippen LogP contribution in [0.3, 0.4) is 0 Å². The van der Waals surface area contributed by atoms with Gasteiger partial charge in [0.2, 0.25) is 0 Å². The number of para-hydroxylation sites is 2. The fraction of sp³-hybridized carbons (Fsp3) is 0.263. The predicted octanol–water partition coefficient (Wildman–Crippen LogP) is 4.78. The molecule has 0 saturated carbocycles. The maximum atomic E-state index is 13.4. The molecule has 1 amide bonds. The van der Waals surface area contributed by atoms with Crippen LogP contribution in [-0.2, 0) is 0 Å². The van der Waals surface area contributed by atoms with Gasteiger partial charge in [-0.1, -0.05) is 23.7 Å². The number of halogens is 3. The number of piperidine rings is 1. The molecule has 0 atom stereocenters. The van der Waals surface area contributed by atoms with Crippen LogP contribution >= 0.6 is 11.6 Å². The van der Waals surface area contributed by atoms with Gasteiger partial charge in [-0.2, -0.15) is 0 Å². The van der Waals surface area contributed by atoms with Crippen molar-refractivity contribution in [2.45, 2.75) is 18.8 Å². The fourth-order valence-electron chi connectivity index (χ4n) is 3.25. The average Bonchev–Trinajstić information content (AvgIpc) is 3.08. The number of oxazole rings is 1. The molecular weight excluding hydrogens is 362 g/mol. The molecule has 1 aromatic heterocycles. The van der Waals surface area contributed by atoms with Crippen LogP contribution in [0.2, 0.25) is 5.02 Å². The minimum absolute atomic E-state index is 0.0223. The van der Waals surface area contributed by atoms with Crippen molar-refractivity contribution in [3.05, 3.63) is 64.5 Å². The van der Waals surface area contributed by atoms with E-state index in [4.69, 9.17) is 16.0 Å². The lowest BCUT2D eigenvalue weighted by atomic mass is 9.96. The van der Waals surface area contributed by atoms with Crippen molar-refractivity contribution in [2.24, 2.45) is 0 Å². The second-order valence-electron chi connectivity index (χ2n) is 6.33. The Morgan fingerprint density at radius 2 is 1.85 bits per heavy atom. The fourth-order valence-corrected chi connectivity index (χ4v) is 3.48. The summed E-state index contributed by atoms with van der Waals surface area (Å²) >= 11 is 5.91. The highest BCUT2D eigenvalue weighted by molar-refractivity contribution is 6.33. The highest BCUT2D eigenvalue weighted by atomic mass is 35.5. The molecule has 0 spiro atoms. The van der Waals surface area contributed by atoms with E-state index in [9.17, 15) is 13.6 Å². The lowest BCUT2D eigenvalue weighted by Gasteiger charge is -2.30. The first-order valence-corrected chi connectivity index (χ1v) is 8.70. The Kier molecular flexibility index (Phi) is 4.36. The first kappa shape index (κ1) is 17.0. The molecule has 4 rings (SSSR count). The molecule has 1 saturated heterocycles. The first-order valence-electron chi connectivity index (χ1n) is 8.32. The second kappa shape index (κ2) is 6.68. The number of aromatic nitrogens is 1. The SMILES string of the molecule is O=C(c1cc(F)c(F)cc1Cl)N1CCC(c2nc3ccccc3o2)CC1. The lowest BCUT2D eigenvalue weighted by molar-refractivity contribution is 0.0706. The van der Waals surface area contributed by atoms with Crippen molar-refractivity contribution < 1.29 is 18.0 Å². The Hall–Kier alpha value is -2.47. The monoisotopic (exact) mass is 376 g/mol. The molecule has 1 fully saturated rings. The molecule has 0 N–H and O–H groups in total. The summed E-state index contributed by atoms with van der Waals surface area (Å²) in [6.45, 7) is 0.940. The van der Waals surface area contributed by atoms with Crippen LogP contribution in [0.5, 0.6) is 0 Å². The molecular formula is C19H15ClF2N2O2. The largest absolute Gasteiger partial charge is 0.440 e. The standard InChI is InChI=1S/C19H15ClF2N2O2/c20-13-10-15(22)14(21)9-12(13)19(25)24-7-5-11(6-8-24)18-23-16-3-1-2-4-17(16)26-18/h1-4,9-11H,5-8H2. The van der Waals surface area contributed by atoms with E-state index in [0.29, 0.717) is 31.8 Å². The minimum atomic E-state index is -1.08. The van der Waals surface area contributed by atoms with E-state index in [1.165, 1.54) is 0 Å². The van der Waals surface area contributed by atoms with Crippen molar-refractivity contribution in [1.29, 1.82) is 0 Å². The Labute approximate surface area is 153 Å². The molecule has 0 radical (unpaired) electrons. The van der Waals surface area contributed by atoms with Gasteiger partial charge in [-0.05, 0) is 37.1 Å². The summed E-state index contributed by atoms with van der Waals surface area (Å²) in [6, 6.07) is 9.25. The number of benzene rings is 2. The number of nitrogens with zero attached hydrogens (tertiary/aromatic N) is 2. The molecule has 3 aromatic rings. The van der Waals surface area contributed by atoms with Gasteiger partial charge in [0, 0.05) is 19.0 Å². The average molecular weight is 377 g/mol. The highest BCUT2D eigenvalue weighted by Crippen LogP contribution is 2.31. The Balaban J connectivity index is 1.48. The van der Waals surface area contributed by atoms with Gasteiger partial charge in [0.15, 0.2) is 23.1 Å². The van der Waals surface area contributed by atoms with Crippen molar-refractivity contribution in [2.75, 3.05) is 13.1 Å². The van der Waals surface area contributed by atoms with Gasteiger partial charge in [0.05, 0.1) is 10.6 Å². The number of amides is 1. The van der Waals surface area contributed by atoms with Crippen LogP contribution in [0.4, 0.5) is 8.78 Å². The number of likely N-dealkylation sites (tertiary alicyclic amines) is 1. The summed E-state index contributed by atoms with van der Waals surface area (Å²) in [6.07, 6.45) is 1.36. The van der Waals surface area contributed by atoms with Gasteiger partial charge >= 0.3 is 0 Å². The van der Waals surface area contributed by atoms with E-state index in [0.717, 1.165) is 23.2 Å². The lowest BCUT2D eigenvalue weighted by Crippen LogP contribution is -2.38. The first-order chi connectivity index (χ1) is 12.5. The number of carbonyl (C=O) groups is 1. The molecule has 26 heavy (non-hydrogen) atoms. The molecule has 0 unspecified atom stereocenters. The van der Waals surface area contributed by atoms with Gasteiger partial charge in [-0.15, -0.1) is 0 Å². The van der Waals surface area contributed by atoms with Crippen molar-refractivity contribution in [3.8, 4) is 0 Å². The van der Waals surface area contributed by atoms with E-state index in [2.05, 4.69) is 4.98 Å². The molecule has 4 nitrogen and oxygen atoms in total. The van der Waals surface area contributed by atoms with E-state index >= 15 is 0 Å². The highest BCUT2D eigenvalue weighted by Gasteiger charge is 2.29. The molecule has 0 bridgehead atoms. The predicted molar refractivity (Wildman–Crippen MR) is 93.3 cm³/mol. The Morgan fingerprint density at radius 3 is 2.58 bits per heavy atom. The van der Waals surface area contributed by atoms with Gasteiger partial charge in [-0.3, -0.25) is 4.79 Å². The molecule has 134 valence electrons. The summed E-state index contributed by atoms with van der Waals surface area (Å²) in [5.41, 5.74) is 1.54. The Bertz CT molecular complexity index is 948. The van der Waals surface area contributed by atoms with Gasteiger partial charge < -0.3 is 9.32 Å². The van der Waals surface area contributed by atoms with Gasteiger partial charge in [0.1, 0.15) is 5.52 Å². The summed E-state index contributed by atoms with van der Waals surface area (Å²) in [4.78, 5) is 18.7. The number of fused-ring (bicyclic) bond motifs is 1. The van der Waals surface area contributed by atoms with Crippen LogP contribution < -0.4 is 0 Å². The zero-order chi connectivity index (χ0) is 18.3. The smallest absolute Gasteiger partial charge is 0.255 e. The van der Waals surface area contributed by atoms with Crippen molar-refractivity contribution in [3.63, 3.8) is 0 Å². The van der Waals surface area contributed by atoms with Gasteiger partial charge in [0.25, 0.3) is 5.91 Å². The zero-order valence-corrected chi connectivity index (χ0v) is 14.5. The molecule has 2 heterocycles. The maximum Gasteiger partial charge on any atom is 0.255 e. The molecule has 7 heteroatoms. The molecule has 0 aliphatic carbocycles. The van der Waals surface area contributed by atoms with Crippen LogP contribution in [0.25, 0.3) is 11.1 Å². The van der Waals surface area contributed by atoms with E-state index in [-0.39, 0.29) is 16.5 Å². The van der Waals surface area contributed by atoms with Crippen LogP contribution in [0.1, 0.15) is 35.0 Å². The summed E-state index contributed by atoms with van der Waals surface area (Å²) in [5.74, 6) is -1.76. The number of rotatable bonds is 2. The topological polar surface area (TPSA) is 46.3 Å². The quantitative estimate of drug-likeness (QED) is 0.605. The molecule has 2 aromatic carbocycles. The van der Waals surface area contributed by atoms with E-state index in [1.54, 1.807) is 4.90 Å². The zero-order valence-electron chi connectivity index (χ0n) is 13.7. The van der Waals surface area contributed by atoms with Crippen molar-refractivity contribution >= 4 is 28.6 Å². The third-order valence-electron chi connectivity index (χ3n) is 4.68. The Morgan fingerprint density at radius 1 is 1.15 bits per heavy atom. The van der Waals surface area contributed by atoms with Crippen molar-refractivity contribution in [1.82, 2.24) is 9.88 Å². The maximum absolute atomic E-state index is 13.4. The van der Waals surface area contributed by atoms with E-state index in [1.807, 2.05) is 24.3 Å². The summed E-state index contributed by atoms with van der Waals surface area (Å²) in [5, 5.41) is -0.0880. The second-order valence-corrected chi connectivity index (χ2v) is 6.74. The summed E-state index contributed by atoms with van der Waals surface area (Å²) in [7, 11) is 0. The third-order valence-corrected chi connectivity index (χ3v) is 4.99. The van der Waals surface area contributed by atoms with Gasteiger partial charge in [-0.25, -0.2) is 13.8 Å². The van der Waals surface area contributed by atoms with Crippen LogP contribution in [0, 0.1) is 11.6 Å². The minimum Gasteiger partial charge on any atom is -0.440 e. The third kappa shape index (κ3) is 3.05. The number of hydrogen-bond donors (Lipinski definition) is 0. The van der Waals surface area contributed by atoms with Crippen LogP contribution in [0.15, 0.2) is 40.8 Å². The number of hydrogen-bond acceptors (Lipinski definition) is 3. The molecule has 1 aliphatic rings.